The molecular weight excluding hydrogens is 618 g/mol. The highest BCUT2D eigenvalue weighted by atomic mass is 16.7. The molecule has 3 rings (SSSR count). The summed E-state index contributed by atoms with van der Waals surface area (Å²) in [5.41, 5.74) is -0.0485. The summed E-state index contributed by atoms with van der Waals surface area (Å²) in [5.74, 6) is 0. The highest BCUT2D eigenvalue weighted by molar-refractivity contribution is 5.56. The number of aliphatic hydroxyl groups excluding tert-OH is 14. The zero-order chi connectivity index (χ0) is 33.7. The van der Waals surface area contributed by atoms with Gasteiger partial charge in [0.25, 0.3) is 0 Å². The molecular formula is C25H43NO19. The zero-order valence-corrected chi connectivity index (χ0v) is 23.7. The van der Waals surface area contributed by atoms with E-state index >= 15 is 0 Å². The van der Waals surface area contributed by atoms with Crippen molar-refractivity contribution in [1.82, 2.24) is 5.32 Å². The Bertz CT molecular complexity index is 957. The van der Waals surface area contributed by atoms with Crippen molar-refractivity contribution in [2.24, 2.45) is 0 Å². The molecule has 0 aromatic heterocycles. The van der Waals surface area contributed by atoms with Crippen LogP contribution in [0.4, 0.5) is 0 Å². The lowest BCUT2D eigenvalue weighted by Crippen LogP contribution is -2.69. The first-order valence-corrected chi connectivity index (χ1v) is 14.0. The lowest BCUT2D eigenvalue weighted by atomic mass is 9.86. The van der Waals surface area contributed by atoms with E-state index in [0.29, 0.717) is 0 Å². The van der Waals surface area contributed by atoms with Crippen LogP contribution in [0, 0.1) is 0 Å². The monoisotopic (exact) mass is 661 g/mol. The predicted octanol–water partition coefficient (Wildman–Crippen LogP) is -9.75. The minimum absolute atomic E-state index is 0.0485. The maximum atomic E-state index is 10.9. The second kappa shape index (κ2) is 16.7. The molecule has 0 aromatic carbocycles. The van der Waals surface area contributed by atoms with Crippen LogP contribution in [0.5, 0.6) is 0 Å². The van der Waals surface area contributed by atoms with Gasteiger partial charge in [0.15, 0.2) is 18.9 Å². The van der Waals surface area contributed by atoms with Gasteiger partial charge in [0.2, 0.25) is 0 Å². The molecule has 1 aliphatic carbocycles. The first-order chi connectivity index (χ1) is 21.2. The molecule has 0 amide bonds. The quantitative estimate of drug-likeness (QED) is 0.0606. The number of hydrogen-bond acceptors (Lipinski definition) is 20. The molecule has 20 nitrogen and oxygen atoms in total. The molecule has 0 saturated carbocycles. The van der Waals surface area contributed by atoms with E-state index < -0.39 is 137 Å². The molecule has 2 fully saturated rings. The van der Waals surface area contributed by atoms with E-state index in [4.69, 9.17) is 18.9 Å². The van der Waals surface area contributed by atoms with Crippen molar-refractivity contribution in [2.75, 3.05) is 26.4 Å². The van der Waals surface area contributed by atoms with Crippen LogP contribution in [0.3, 0.4) is 0 Å². The minimum atomic E-state index is -2.13. The number of aliphatic hydroxyl groups is 14. The molecule has 45 heavy (non-hydrogen) atoms. The summed E-state index contributed by atoms with van der Waals surface area (Å²) >= 11 is 0. The van der Waals surface area contributed by atoms with Crippen LogP contribution in [0.25, 0.3) is 0 Å². The summed E-state index contributed by atoms with van der Waals surface area (Å²) in [7, 11) is 0. The molecule has 0 bridgehead atoms. The van der Waals surface area contributed by atoms with Crippen molar-refractivity contribution in [3.63, 3.8) is 0 Å². The van der Waals surface area contributed by atoms with E-state index in [1.54, 1.807) is 0 Å². The Balaban J connectivity index is 1.74. The van der Waals surface area contributed by atoms with E-state index in [0.717, 1.165) is 0 Å². The average Bonchev–Trinajstić information content (AvgIpc) is 3.04. The van der Waals surface area contributed by atoms with Crippen LogP contribution in [0.2, 0.25) is 0 Å². The van der Waals surface area contributed by atoms with Crippen LogP contribution in [-0.4, -0.2) is 214 Å². The molecule has 0 radical (unpaired) electrons. The Kier molecular flexibility index (Phi) is 14.1. The van der Waals surface area contributed by atoms with E-state index in [9.17, 15) is 76.3 Å². The van der Waals surface area contributed by atoms with Gasteiger partial charge >= 0.3 is 0 Å². The van der Waals surface area contributed by atoms with E-state index in [1.165, 1.54) is 6.08 Å². The number of nitrogens with one attached hydrogen (secondary N) is 1. The largest absolute Gasteiger partial charge is 0.394 e. The Hall–Kier alpha value is -1.35. The van der Waals surface area contributed by atoms with Gasteiger partial charge in [-0.3, -0.25) is 0 Å². The summed E-state index contributed by atoms with van der Waals surface area (Å²) in [6.45, 7) is -3.46. The van der Waals surface area contributed by atoms with Crippen molar-refractivity contribution in [2.45, 2.75) is 110 Å². The summed E-state index contributed by atoms with van der Waals surface area (Å²) in [6.07, 6.45) is -28.3. The number of hydrogen-bond donors (Lipinski definition) is 15. The van der Waals surface area contributed by atoms with Crippen molar-refractivity contribution < 1.29 is 95.2 Å². The number of aldehydes is 1. The van der Waals surface area contributed by atoms with Gasteiger partial charge in [-0.2, -0.15) is 0 Å². The number of carbonyl (C=O) groups excluding carboxylic acids is 1. The van der Waals surface area contributed by atoms with Gasteiger partial charge in [-0.25, -0.2) is 0 Å². The first-order valence-electron chi connectivity index (χ1n) is 14.0. The second-order valence-corrected chi connectivity index (χ2v) is 11.0. The summed E-state index contributed by atoms with van der Waals surface area (Å²) in [4.78, 5) is 10.9. The van der Waals surface area contributed by atoms with Crippen LogP contribution in [-0.2, 0) is 23.7 Å². The topological polar surface area (TPSA) is 349 Å². The first kappa shape index (κ1) is 38.1. The standard InChI is InChI=1S/C25H43NO19/c27-2-7-1-8(15(35)18(38)14(7)34)26-13-11(5-30)42-24(20(40)17(13)37)45-23-12(6-31)43-25(21(41)19(23)39)44-22(10(33)4-29)16(36)9(32)3-28/h1,3,8-27,29-41H,2,4-6H2/t8-,9?,10-,11-,12?,13?,14-,15+,16?,17+,18?,19?,20?,21-,22?,23?,24+,25-/m1/s1. The fraction of sp³-hybridized carbons (Fsp3) is 0.880. The molecule has 2 saturated heterocycles. The molecule has 0 spiro atoms. The molecule has 3 aliphatic rings. The van der Waals surface area contributed by atoms with Gasteiger partial charge in [-0.15, -0.1) is 0 Å². The Morgan fingerprint density at radius 1 is 0.800 bits per heavy atom. The smallest absolute Gasteiger partial charge is 0.187 e. The van der Waals surface area contributed by atoms with E-state index in [-0.39, 0.29) is 11.9 Å². The fourth-order valence-corrected chi connectivity index (χ4v) is 5.39. The maximum Gasteiger partial charge on any atom is 0.187 e. The van der Waals surface area contributed by atoms with Gasteiger partial charge in [0.05, 0.1) is 38.5 Å². The fourth-order valence-electron chi connectivity index (χ4n) is 5.39. The summed E-state index contributed by atoms with van der Waals surface area (Å²) in [5, 5.41) is 145. The zero-order valence-electron chi connectivity index (χ0n) is 23.7. The van der Waals surface area contributed by atoms with Gasteiger partial charge in [0, 0.05) is 0 Å². The number of carbonyl (C=O) groups is 1. The summed E-state index contributed by atoms with van der Waals surface area (Å²) < 4.78 is 21.8. The highest BCUT2D eigenvalue weighted by Gasteiger charge is 2.52. The van der Waals surface area contributed by atoms with E-state index in [2.05, 4.69) is 5.32 Å². The molecule has 0 aromatic rings. The minimum Gasteiger partial charge on any atom is -0.394 e. The highest BCUT2D eigenvalue weighted by Crippen LogP contribution is 2.31. The third kappa shape index (κ3) is 8.21. The third-order valence-corrected chi connectivity index (χ3v) is 8.06. The normalized spacial score (nSPS) is 43.6. The number of rotatable bonds is 14. The molecule has 18 atom stereocenters. The average molecular weight is 662 g/mol. The van der Waals surface area contributed by atoms with Crippen LogP contribution in [0.15, 0.2) is 11.6 Å². The third-order valence-electron chi connectivity index (χ3n) is 8.06. The molecule has 2 aliphatic heterocycles. The predicted molar refractivity (Wildman–Crippen MR) is 140 cm³/mol. The van der Waals surface area contributed by atoms with Crippen molar-refractivity contribution in [1.29, 1.82) is 0 Å². The Morgan fingerprint density at radius 3 is 1.96 bits per heavy atom. The SMILES string of the molecule is O=CC(O)C(O)C(O[C@H]1OC(CO)C(O[C@@H]2O[C@H](CO)C(N[C@@H]3C=C(CO)[C@@H](O)C(O)[C@H]3O)[C@H](O)C2O)C(O)[C@H]1O)[C@H](O)CO. The van der Waals surface area contributed by atoms with Gasteiger partial charge < -0.3 is 101 Å². The van der Waals surface area contributed by atoms with Gasteiger partial charge in [-0.1, -0.05) is 6.08 Å². The lowest BCUT2D eigenvalue weighted by Gasteiger charge is -2.48. The van der Waals surface area contributed by atoms with Crippen molar-refractivity contribution in [3.05, 3.63) is 11.6 Å². The molecule has 262 valence electrons. The number of ether oxygens (including phenoxy) is 4. The van der Waals surface area contributed by atoms with E-state index in [1.807, 2.05) is 0 Å². The maximum absolute atomic E-state index is 10.9. The lowest BCUT2D eigenvalue weighted by molar-refractivity contribution is -0.362. The van der Waals surface area contributed by atoms with Gasteiger partial charge in [0.1, 0.15) is 85.5 Å². The molecule has 9 unspecified atom stereocenters. The van der Waals surface area contributed by atoms with Crippen LogP contribution >= 0.6 is 0 Å². The van der Waals surface area contributed by atoms with Crippen LogP contribution < -0.4 is 5.32 Å². The Morgan fingerprint density at radius 2 is 1.40 bits per heavy atom. The van der Waals surface area contributed by atoms with Gasteiger partial charge in [-0.05, 0) is 5.57 Å². The van der Waals surface area contributed by atoms with Crippen LogP contribution in [0.1, 0.15) is 0 Å². The molecule has 20 heteroatoms. The van der Waals surface area contributed by atoms with Crippen molar-refractivity contribution in [3.8, 4) is 0 Å². The van der Waals surface area contributed by atoms with Crippen molar-refractivity contribution >= 4 is 6.29 Å². The summed E-state index contributed by atoms with van der Waals surface area (Å²) in [6, 6.07) is -2.55. The molecule has 15 N–H and O–H groups in total. The Labute approximate surface area is 255 Å². The molecule has 2 heterocycles. The second-order valence-electron chi connectivity index (χ2n) is 11.0.